The second-order valence-corrected chi connectivity index (χ2v) is 5.00. The van der Waals surface area contributed by atoms with E-state index >= 15 is 0 Å². The largest absolute Gasteiger partial charge is 0.365 e. The van der Waals surface area contributed by atoms with Gasteiger partial charge in [0.25, 0.3) is 0 Å². The van der Waals surface area contributed by atoms with E-state index < -0.39 is 0 Å². The van der Waals surface area contributed by atoms with Crippen LogP contribution in [0.25, 0.3) is 0 Å². The minimum absolute atomic E-state index is 0.0561. The third-order valence-corrected chi connectivity index (χ3v) is 2.93. The van der Waals surface area contributed by atoms with E-state index in [2.05, 4.69) is 5.32 Å². The van der Waals surface area contributed by atoms with E-state index in [0.717, 1.165) is 24.2 Å². The van der Waals surface area contributed by atoms with Crippen molar-refractivity contribution in [3.05, 3.63) is 35.1 Å². The Bertz CT molecular complexity index is 390. The standard InChI is InChI=1S/C13H18FNO/c1-9-4-5-10(14)6-11(9)12-7-15-8-13(2,3)16-12/h4-6,12,15H,7-8H2,1-3H3. The van der Waals surface area contributed by atoms with Gasteiger partial charge in [0.2, 0.25) is 0 Å². The van der Waals surface area contributed by atoms with Gasteiger partial charge in [-0.1, -0.05) is 6.07 Å². The van der Waals surface area contributed by atoms with Gasteiger partial charge in [-0.15, -0.1) is 0 Å². The van der Waals surface area contributed by atoms with E-state index in [1.54, 1.807) is 12.1 Å². The average molecular weight is 223 g/mol. The predicted molar refractivity (Wildman–Crippen MR) is 61.9 cm³/mol. The van der Waals surface area contributed by atoms with Crippen LogP contribution >= 0.6 is 0 Å². The molecule has 0 bridgehead atoms. The molecule has 0 spiro atoms. The van der Waals surface area contributed by atoms with Crippen LogP contribution in [0.15, 0.2) is 18.2 Å². The number of nitrogens with one attached hydrogen (secondary N) is 1. The van der Waals surface area contributed by atoms with Crippen LogP contribution in [-0.2, 0) is 4.74 Å². The maximum atomic E-state index is 13.2. The van der Waals surface area contributed by atoms with Crippen LogP contribution in [-0.4, -0.2) is 18.7 Å². The Labute approximate surface area is 95.8 Å². The van der Waals surface area contributed by atoms with E-state index in [1.165, 1.54) is 6.07 Å². The van der Waals surface area contributed by atoms with Crippen molar-refractivity contribution in [2.45, 2.75) is 32.5 Å². The van der Waals surface area contributed by atoms with Gasteiger partial charge < -0.3 is 10.1 Å². The Morgan fingerprint density at radius 2 is 2.19 bits per heavy atom. The van der Waals surface area contributed by atoms with Crippen molar-refractivity contribution in [3.8, 4) is 0 Å². The molecule has 1 aromatic carbocycles. The fourth-order valence-corrected chi connectivity index (χ4v) is 2.10. The first-order chi connectivity index (χ1) is 7.48. The molecule has 2 rings (SSSR count). The zero-order valence-electron chi connectivity index (χ0n) is 10.0. The quantitative estimate of drug-likeness (QED) is 0.790. The van der Waals surface area contributed by atoms with Crippen molar-refractivity contribution in [1.29, 1.82) is 0 Å². The molecule has 1 atom stereocenters. The second-order valence-electron chi connectivity index (χ2n) is 5.00. The van der Waals surface area contributed by atoms with Crippen LogP contribution < -0.4 is 5.32 Å². The van der Waals surface area contributed by atoms with Crippen molar-refractivity contribution in [3.63, 3.8) is 0 Å². The number of hydrogen-bond acceptors (Lipinski definition) is 2. The molecule has 1 unspecified atom stereocenters. The monoisotopic (exact) mass is 223 g/mol. The molecule has 88 valence electrons. The summed E-state index contributed by atoms with van der Waals surface area (Å²) >= 11 is 0. The molecule has 1 saturated heterocycles. The number of rotatable bonds is 1. The topological polar surface area (TPSA) is 21.3 Å². The number of ether oxygens (including phenoxy) is 1. The molecule has 0 saturated carbocycles. The number of halogens is 1. The summed E-state index contributed by atoms with van der Waals surface area (Å²) < 4.78 is 19.2. The molecule has 1 aliphatic heterocycles. The Balaban J connectivity index is 2.26. The summed E-state index contributed by atoms with van der Waals surface area (Å²) in [7, 11) is 0. The van der Waals surface area contributed by atoms with Gasteiger partial charge in [0, 0.05) is 13.1 Å². The molecule has 1 fully saturated rings. The molecule has 1 aromatic rings. The van der Waals surface area contributed by atoms with Gasteiger partial charge in [0.1, 0.15) is 5.82 Å². The van der Waals surface area contributed by atoms with E-state index in [4.69, 9.17) is 4.74 Å². The van der Waals surface area contributed by atoms with Crippen LogP contribution in [0.1, 0.15) is 31.1 Å². The fraction of sp³-hybridized carbons (Fsp3) is 0.538. The molecular formula is C13H18FNO. The van der Waals surface area contributed by atoms with E-state index in [9.17, 15) is 4.39 Å². The Hall–Kier alpha value is -0.930. The van der Waals surface area contributed by atoms with Gasteiger partial charge in [0.05, 0.1) is 11.7 Å². The number of morpholine rings is 1. The normalized spacial score (nSPS) is 24.4. The fourth-order valence-electron chi connectivity index (χ4n) is 2.10. The van der Waals surface area contributed by atoms with E-state index in [0.29, 0.717) is 0 Å². The number of benzene rings is 1. The van der Waals surface area contributed by atoms with Crippen molar-refractivity contribution in [1.82, 2.24) is 5.32 Å². The van der Waals surface area contributed by atoms with Crippen molar-refractivity contribution >= 4 is 0 Å². The highest BCUT2D eigenvalue weighted by molar-refractivity contribution is 5.29. The lowest BCUT2D eigenvalue weighted by Gasteiger charge is -2.37. The Morgan fingerprint density at radius 1 is 1.44 bits per heavy atom. The summed E-state index contributed by atoms with van der Waals surface area (Å²) in [5.74, 6) is -0.201. The van der Waals surface area contributed by atoms with E-state index in [-0.39, 0.29) is 17.5 Å². The highest BCUT2D eigenvalue weighted by atomic mass is 19.1. The van der Waals surface area contributed by atoms with Gasteiger partial charge in [0.15, 0.2) is 0 Å². The highest BCUT2D eigenvalue weighted by Crippen LogP contribution is 2.29. The third kappa shape index (κ3) is 2.42. The summed E-state index contributed by atoms with van der Waals surface area (Å²) in [6, 6.07) is 4.86. The van der Waals surface area contributed by atoms with Crippen LogP contribution in [0.4, 0.5) is 4.39 Å². The molecule has 0 aliphatic carbocycles. The average Bonchev–Trinajstić information content (AvgIpc) is 2.20. The first kappa shape index (κ1) is 11.6. The summed E-state index contributed by atoms with van der Waals surface area (Å²) in [4.78, 5) is 0. The van der Waals surface area contributed by atoms with Gasteiger partial charge >= 0.3 is 0 Å². The first-order valence-electron chi connectivity index (χ1n) is 5.62. The zero-order chi connectivity index (χ0) is 11.8. The van der Waals surface area contributed by atoms with Gasteiger partial charge in [-0.3, -0.25) is 0 Å². The van der Waals surface area contributed by atoms with Crippen molar-refractivity contribution in [2.75, 3.05) is 13.1 Å². The number of hydrogen-bond donors (Lipinski definition) is 1. The van der Waals surface area contributed by atoms with Gasteiger partial charge in [-0.2, -0.15) is 0 Å². The molecule has 0 radical (unpaired) electrons. The smallest absolute Gasteiger partial charge is 0.123 e. The summed E-state index contributed by atoms with van der Waals surface area (Å²) in [5, 5.41) is 3.32. The van der Waals surface area contributed by atoms with Crippen molar-refractivity contribution in [2.24, 2.45) is 0 Å². The molecular weight excluding hydrogens is 205 g/mol. The lowest BCUT2D eigenvalue weighted by molar-refractivity contribution is -0.0961. The molecule has 1 heterocycles. The molecule has 1 N–H and O–H groups in total. The summed E-state index contributed by atoms with van der Waals surface area (Å²) in [5.41, 5.74) is 1.83. The highest BCUT2D eigenvalue weighted by Gasteiger charge is 2.29. The molecule has 1 aliphatic rings. The molecule has 16 heavy (non-hydrogen) atoms. The molecule has 0 amide bonds. The molecule has 0 aromatic heterocycles. The van der Waals surface area contributed by atoms with Gasteiger partial charge in [-0.05, 0) is 44.0 Å². The first-order valence-corrected chi connectivity index (χ1v) is 5.62. The maximum Gasteiger partial charge on any atom is 0.123 e. The maximum absolute atomic E-state index is 13.2. The minimum Gasteiger partial charge on any atom is -0.365 e. The summed E-state index contributed by atoms with van der Waals surface area (Å²) in [6.07, 6.45) is -0.0561. The van der Waals surface area contributed by atoms with Crippen molar-refractivity contribution < 1.29 is 9.13 Å². The second kappa shape index (κ2) is 4.15. The number of aryl methyl sites for hydroxylation is 1. The summed E-state index contributed by atoms with van der Waals surface area (Å²) in [6.45, 7) is 7.65. The minimum atomic E-state index is -0.201. The molecule has 3 heteroatoms. The molecule has 2 nitrogen and oxygen atoms in total. The van der Waals surface area contributed by atoms with Crippen LogP contribution in [0.3, 0.4) is 0 Å². The van der Waals surface area contributed by atoms with Crippen LogP contribution in [0.5, 0.6) is 0 Å². The SMILES string of the molecule is Cc1ccc(F)cc1C1CNCC(C)(C)O1. The van der Waals surface area contributed by atoms with Crippen LogP contribution in [0.2, 0.25) is 0 Å². The zero-order valence-corrected chi connectivity index (χ0v) is 10.0. The van der Waals surface area contributed by atoms with Crippen LogP contribution in [0, 0.1) is 12.7 Å². The Morgan fingerprint density at radius 3 is 2.88 bits per heavy atom. The lowest BCUT2D eigenvalue weighted by Crippen LogP contribution is -2.47. The predicted octanol–water partition coefficient (Wildman–Crippen LogP) is 2.57. The third-order valence-electron chi connectivity index (χ3n) is 2.93. The Kier molecular flexibility index (Phi) is 3.00. The van der Waals surface area contributed by atoms with E-state index in [1.807, 2.05) is 20.8 Å². The van der Waals surface area contributed by atoms with Gasteiger partial charge in [-0.25, -0.2) is 4.39 Å². The lowest BCUT2D eigenvalue weighted by atomic mass is 9.99.